The van der Waals surface area contributed by atoms with Gasteiger partial charge in [0.15, 0.2) is 11.5 Å². The predicted molar refractivity (Wildman–Crippen MR) is 137 cm³/mol. The number of ether oxygens (including phenoxy) is 3. The Balaban J connectivity index is 1.45. The van der Waals surface area contributed by atoms with Gasteiger partial charge in [-0.25, -0.2) is 0 Å². The maximum atomic E-state index is 6.23. The van der Waals surface area contributed by atoms with E-state index in [-0.39, 0.29) is 0 Å². The van der Waals surface area contributed by atoms with E-state index in [0.29, 0.717) is 23.1 Å². The van der Waals surface area contributed by atoms with Crippen LogP contribution in [0.3, 0.4) is 0 Å². The highest BCUT2D eigenvalue weighted by atomic mass is 79.9. The fourth-order valence-electron chi connectivity index (χ4n) is 3.09. The molecule has 0 radical (unpaired) electrons. The summed E-state index contributed by atoms with van der Waals surface area (Å²) < 4.78 is 18.1. The summed E-state index contributed by atoms with van der Waals surface area (Å²) in [5.74, 6) is 2.76. The van der Waals surface area contributed by atoms with Gasteiger partial charge in [0, 0.05) is 16.8 Å². The number of hydrogen-bond donors (Lipinski definition) is 0. The second-order valence-electron chi connectivity index (χ2n) is 7.08. The maximum absolute atomic E-state index is 6.23. The highest BCUT2D eigenvalue weighted by molar-refractivity contribution is 9.10. The number of nitrogens with zero attached hydrogens (tertiary/aromatic N) is 1. The fourth-order valence-corrected chi connectivity index (χ4v) is 3.86. The lowest BCUT2D eigenvalue weighted by molar-refractivity contribution is 0.282. The number of para-hydroxylation sites is 1. The number of benzene rings is 4. The van der Waals surface area contributed by atoms with Crippen molar-refractivity contribution in [1.29, 1.82) is 0 Å². The SMILES string of the molecule is COc1cc(C=Nc2ccc(Oc3ccccc3)cc2)cc(Br)c1OCc1ccccc1Cl. The van der Waals surface area contributed by atoms with Gasteiger partial charge in [-0.1, -0.05) is 48.0 Å². The van der Waals surface area contributed by atoms with Crippen LogP contribution in [0.15, 0.2) is 100 Å². The number of hydrogen-bond acceptors (Lipinski definition) is 4. The van der Waals surface area contributed by atoms with Gasteiger partial charge in [0.1, 0.15) is 18.1 Å². The molecule has 0 fully saturated rings. The Hall–Kier alpha value is -3.28. The van der Waals surface area contributed by atoms with Crippen molar-refractivity contribution in [3.8, 4) is 23.0 Å². The van der Waals surface area contributed by atoms with Gasteiger partial charge in [-0.15, -0.1) is 0 Å². The number of halogens is 2. The first-order valence-corrected chi connectivity index (χ1v) is 11.4. The van der Waals surface area contributed by atoms with Crippen LogP contribution in [-0.2, 0) is 6.61 Å². The molecule has 4 aromatic carbocycles. The number of aliphatic imine (C=N–C) groups is 1. The minimum atomic E-state index is 0.333. The Labute approximate surface area is 206 Å². The molecule has 6 heteroatoms. The monoisotopic (exact) mass is 521 g/mol. The van der Waals surface area contributed by atoms with Crippen molar-refractivity contribution >= 4 is 39.4 Å². The molecule has 166 valence electrons. The molecule has 0 bridgehead atoms. The lowest BCUT2D eigenvalue weighted by atomic mass is 10.2. The summed E-state index contributed by atoms with van der Waals surface area (Å²) in [7, 11) is 1.61. The van der Waals surface area contributed by atoms with E-state index in [2.05, 4.69) is 20.9 Å². The van der Waals surface area contributed by atoms with E-state index < -0.39 is 0 Å². The topological polar surface area (TPSA) is 40.0 Å². The molecule has 0 aliphatic carbocycles. The second-order valence-corrected chi connectivity index (χ2v) is 8.34. The summed E-state index contributed by atoms with van der Waals surface area (Å²) >= 11 is 9.81. The van der Waals surface area contributed by atoms with E-state index in [4.69, 9.17) is 25.8 Å². The van der Waals surface area contributed by atoms with Crippen molar-refractivity contribution in [2.24, 2.45) is 4.99 Å². The van der Waals surface area contributed by atoms with Crippen LogP contribution in [0.25, 0.3) is 0 Å². The van der Waals surface area contributed by atoms with E-state index >= 15 is 0 Å². The summed E-state index contributed by atoms with van der Waals surface area (Å²) in [4.78, 5) is 4.56. The molecule has 0 N–H and O–H groups in total. The molecule has 0 aromatic heterocycles. The van der Waals surface area contributed by atoms with Crippen LogP contribution in [0.1, 0.15) is 11.1 Å². The van der Waals surface area contributed by atoms with E-state index in [1.807, 2.05) is 91.0 Å². The Kier molecular flexibility index (Phi) is 7.66. The molecule has 0 aliphatic heterocycles. The second kappa shape index (κ2) is 11.0. The normalized spacial score (nSPS) is 10.9. The van der Waals surface area contributed by atoms with Crippen molar-refractivity contribution in [1.82, 2.24) is 0 Å². The van der Waals surface area contributed by atoms with Crippen LogP contribution in [-0.4, -0.2) is 13.3 Å². The molecule has 4 aromatic rings. The third-order valence-corrected chi connectivity index (χ3v) is 5.72. The zero-order valence-electron chi connectivity index (χ0n) is 17.9. The Morgan fingerprint density at radius 2 is 1.58 bits per heavy atom. The summed E-state index contributed by atoms with van der Waals surface area (Å²) in [6.07, 6.45) is 1.78. The lowest BCUT2D eigenvalue weighted by Gasteiger charge is -2.14. The smallest absolute Gasteiger partial charge is 0.175 e. The van der Waals surface area contributed by atoms with Gasteiger partial charge in [-0.05, 0) is 76.1 Å². The summed E-state index contributed by atoms with van der Waals surface area (Å²) in [6.45, 7) is 0.333. The van der Waals surface area contributed by atoms with Gasteiger partial charge in [-0.2, -0.15) is 0 Å². The summed E-state index contributed by atoms with van der Waals surface area (Å²) in [5.41, 5.74) is 2.58. The van der Waals surface area contributed by atoms with Gasteiger partial charge >= 0.3 is 0 Å². The molecule has 0 atom stereocenters. The van der Waals surface area contributed by atoms with E-state index in [1.165, 1.54) is 0 Å². The van der Waals surface area contributed by atoms with Crippen LogP contribution in [0.4, 0.5) is 5.69 Å². The Bertz CT molecular complexity index is 1240. The lowest BCUT2D eigenvalue weighted by Crippen LogP contribution is -2.00. The van der Waals surface area contributed by atoms with Crippen molar-refractivity contribution in [2.45, 2.75) is 6.61 Å². The van der Waals surface area contributed by atoms with Gasteiger partial charge in [-0.3, -0.25) is 4.99 Å². The summed E-state index contributed by atoms with van der Waals surface area (Å²) in [6, 6.07) is 28.6. The molecule has 0 amide bonds. The van der Waals surface area contributed by atoms with Crippen molar-refractivity contribution in [3.63, 3.8) is 0 Å². The summed E-state index contributed by atoms with van der Waals surface area (Å²) in [5, 5.41) is 0.663. The largest absolute Gasteiger partial charge is 0.493 e. The first kappa shape index (κ1) is 22.9. The molecule has 0 heterocycles. The molecule has 0 spiro atoms. The molecule has 0 aliphatic rings. The van der Waals surface area contributed by atoms with Crippen LogP contribution in [0, 0.1) is 0 Å². The molecule has 4 rings (SSSR count). The van der Waals surface area contributed by atoms with E-state index in [0.717, 1.165) is 32.8 Å². The molecule has 0 saturated carbocycles. The van der Waals surface area contributed by atoms with Gasteiger partial charge in [0.05, 0.1) is 17.3 Å². The van der Waals surface area contributed by atoms with E-state index in [9.17, 15) is 0 Å². The minimum Gasteiger partial charge on any atom is -0.493 e. The Morgan fingerprint density at radius 3 is 2.30 bits per heavy atom. The molecule has 0 saturated heterocycles. The minimum absolute atomic E-state index is 0.333. The fraction of sp³-hybridized carbons (Fsp3) is 0.0741. The number of methoxy groups -OCH3 is 1. The van der Waals surface area contributed by atoms with E-state index in [1.54, 1.807) is 13.3 Å². The zero-order valence-corrected chi connectivity index (χ0v) is 20.2. The quantitative estimate of drug-likeness (QED) is 0.219. The highest BCUT2D eigenvalue weighted by Gasteiger charge is 2.12. The van der Waals surface area contributed by atoms with Crippen molar-refractivity contribution < 1.29 is 14.2 Å². The predicted octanol–water partition coefficient (Wildman–Crippen LogP) is 8.23. The third-order valence-electron chi connectivity index (χ3n) is 4.76. The van der Waals surface area contributed by atoms with Gasteiger partial charge in [0.25, 0.3) is 0 Å². The standard InChI is InChI=1S/C27H21BrClNO3/c1-31-26-16-19(15-24(28)27(26)32-18-20-7-5-6-10-25(20)29)17-30-21-11-13-23(14-12-21)33-22-8-3-2-4-9-22/h2-17H,18H2,1H3. The van der Waals surface area contributed by atoms with Crippen molar-refractivity contribution in [2.75, 3.05) is 7.11 Å². The third kappa shape index (κ3) is 6.15. The van der Waals surface area contributed by atoms with Crippen LogP contribution < -0.4 is 14.2 Å². The molecule has 4 nitrogen and oxygen atoms in total. The molecule has 0 unspecified atom stereocenters. The first-order valence-electron chi connectivity index (χ1n) is 10.2. The zero-order chi connectivity index (χ0) is 23.0. The maximum Gasteiger partial charge on any atom is 0.175 e. The first-order chi connectivity index (χ1) is 16.1. The molecular formula is C27H21BrClNO3. The van der Waals surface area contributed by atoms with Gasteiger partial charge in [0.2, 0.25) is 0 Å². The molecular weight excluding hydrogens is 502 g/mol. The van der Waals surface area contributed by atoms with Crippen LogP contribution >= 0.6 is 27.5 Å². The van der Waals surface area contributed by atoms with Crippen LogP contribution in [0.5, 0.6) is 23.0 Å². The Morgan fingerprint density at radius 1 is 0.879 bits per heavy atom. The molecule has 33 heavy (non-hydrogen) atoms. The average molecular weight is 523 g/mol. The van der Waals surface area contributed by atoms with Crippen molar-refractivity contribution in [3.05, 3.63) is 112 Å². The van der Waals surface area contributed by atoms with Crippen LogP contribution in [0.2, 0.25) is 5.02 Å². The average Bonchev–Trinajstić information content (AvgIpc) is 2.84. The number of rotatable bonds is 8. The highest BCUT2D eigenvalue weighted by Crippen LogP contribution is 2.37. The van der Waals surface area contributed by atoms with Gasteiger partial charge < -0.3 is 14.2 Å².